The highest BCUT2D eigenvalue weighted by atomic mass is 15.1. The first-order chi connectivity index (χ1) is 10.1. The highest BCUT2D eigenvalue weighted by molar-refractivity contribution is 5.52. The number of aryl methyl sites for hydroxylation is 1. The van der Waals surface area contributed by atoms with Gasteiger partial charge in [-0.3, -0.25) is 4.98 Å². The Bertz CT molecular complexity index is 578. The van der Waals surface area contributed by atoms with Gasteiger partial charge in [-0.1, -0.05) is 43.7 Å². The third-order valence-corrected chi connectivity index (χ3v) is 3.49. The molecule has 0 fully saturated rings. The van der Waals surface area contributed by atoms with Gasteiger partial charge in [0.15, 0.2) is 0 Å². The molecule has 0 radical (unpaired) electrons. The van der Waals surface area contributed by atoms with Crippen molar-refractivity contribution >= 4 is 5.69 Å². The average molecular weight is 283 g/mol. The third-order valence-electron chi connectivity index (χ3n) is 3.49. The molecule has 1 N–H and O–H groups in total. The van der Waals surface area contributed by atoms with Crippen LogP contribution in [0.2, 0.25) is 0 Å². The molecule has 2 aromatic rings. The second-order valence-corrected chi connectivity index (χ2v) is 5.89. The second kappa shape index (κ2) is 7.23. The maximum absolute atomic E-state index is 4.26. The van der Waals surface area contributed by atoms with E-state index >= 15 is 0 Å². The molecule has 0 spiro atoms. The van der Waals surface area contributed by atoms with Crippen molar-refractivity contribution in [1.82, 2.24) is 10.3 Å². The fourth-order valence-corrected chi connectivity index (χ4v) is 2.41. The van der Waals surface area contributed by atoms with Crippen molar-refractivity contribution < 1.29 is 0 Å². The van der Waals surface area contributed by atoms with Crippen LogP contribution >= 0.6 is 0 Å². The molecular formula is C18H25N3. The number of nitrogens with one attached hydrogen (secondary N) is 1. The summed E-state index contributed by atoms with van der Waals surface area (Å²) in [4.78, 5) is 6.55. The normalized spacial score (nSPS) is 10.9. The minimum Gasteiger partial charge on any atom is -0.370 e. The molecule has 112 valence electrons. The van der Waals surface area contributed by atoms with E-state index in [1.54, 1.807) is 0 Å². The van der Waals surface area contributed by atoms with Crippen LogP contribution in [-0.4, -0.2) is 18.1 Å². The number of hydrogen-bond acceptors (Lipinski definition) is 3. The molecule has 1 aromatic heterocycles. The Morgan fingerprint density at radius 2 is 2.05 bits per heavy atom. The molecule has 0 aliphatic rings. The molecule has 0 bridgehead atoms. The molecule has 0 saturated carbocycles. The number of aromatic nitrogens is 1. The van der Waals surface area contributed by atoms with Gasteiger partial charge >= 0.3 is 0 Å². The maximum atomic E-state index is 4.26. The summed E-state index contributed by atoms with van der Waals surface area (Å²) in [5.41, 5.74) is 5.11. The van der Waals surface area contributed by atoms with Crippen molar-refractivity contribution in [3.8, 4) is 0 Å². The molecule has 0 atom stereocenters. The molecule has 0 saturated heterocycles. The number of benzene rings is 1. The summed E-state index contributed by atoms with van der Waals surface area (Å²) in [6.07, 6.45) is 3.82. The molecule has 3 nitrogen and oxygen atoms in total. The summed E-state index contributed by atoms with van der Waals surface area (Å²) in [5.74, 6) is 0. The monoisotopic (exact) mass is 283 g/mol. The third kappa shape index (κ3) is 4.57. The Balaban J connectivity index is 2.13. The number of nitrogens with zero attached hydrogens (tertiary/aromatic N) is 2. The SMILES string of the molecule is Cc1cccc(CN(C)c2ccncc2CNC(C)C)c1. The van der Waals surface area contributed by atoms with E-state index in [0.717, 1.165) is 13.1 Å². The largest absolute Gasteiger partial charge is 0.370 e. The van der Waals surface area contributed by atoms with E-state index in [0.29, 0.717) is 6.04 Å². The molecular weight excluding hydrogens is 258 g/mol. The summed E-state index contributed by atoms with van der Waals surface area (Å²) in [7, 11) is 2.14. The molecule has 0 unspecified atom stereocenters. The Morgan fingerprint density at radius 1 is 1.24 bits per heavy atom. The fourth-order valence-electron chi connectivity index (χ4n) is 2.41. The van der Waals surface area contributed by atoms with E-state index in [2.05, 4.69) is 73.4 Å². The van der Waals surface area contributed by atoms with Crippen LogP contribution in [0.3, 0.4) is 0 Å². The van der Waals surface area contributed by atoms with E-state index in [-0.39, 0.29) is 0 Å². The standard InChI is InChI=1S/C18H25N3/c1-14(2)20-12-17-11-19-9-8-18(17)21(4)13-16-7-5-6-15(3)10-16/h5-11,14,20H,12-13H2,1-4H3. The van der Waals surface area contributed by atoms with Crippen LogP contribution in [0, 0.1) is 6.92 Å². The number of pyridine rings is 1. The predicted octanol–water partition coefficient (Wildman–Crippen LogP) is 3.52. The number of rotatable bonds is 6. The quantitative estimate of drug-likeness (QED) is 0.879. The minimum absolute atomic E-state index is 0.472. The first-order valence-corrected chi connectivity index (χ1v) is 7.49. The van der Waals surface area contributed by atoms with Crippen molar-refractivity contribution in [2.24, 2.45) is 0 Å². The van der Waals surface area contributed by atoms with Crippen LogP contribution in [-0.2, 0) is 13.1 Å². The van der Waals surface area contributed by atoms with Crippen LogP contribution in [0.15, 0.2) is 42.7 Å². The van der Waals surface area contributed by atoms with Gasteiger partial charge in [0.2, 0.25) is 0 Å². The first kappa shape index (κ1) is 15.5. The van der Waals surface area contributed by atoms with Gasteiger partial charge in [-0.15, -0.1) is 0 Å². The predicted molar refractivity (Wildman–Crippen MR) is 89.5 cm³/mol. The topological polar surface area (TPSA) is 28.2 Å². The Labute approximate surface area is 128 Å². The van der Waals surface area contributed by atoms with E-state index in [1.807, 2.05) is 12.4 Å². The number of anilines is 1. The van der Waals surface area contributed by atoms with Crippen LogP contribution < -0.4 is 10.2 Å². The van der Waals surface area contributed by atoms with Crippen molar-refractivity contribution in [3.05, 3.63) is 59.4 Å². The zero-order chi connectivity index (χ0) is 15.2. The van der Waals surface area contributed by atoms with Crippen molar-refractivity contribution in [1.29, 1.82) is 0 Å². The van der Waals surface area contributed by atoms with Crippen LogP contribution in [0.1, 0.15) is 30.5 Å². The summed E-state index contributed by atoms with van der Waals surface area (Å²) in [5, 5.41) is 3.46. The van der Waals surface area contributed by atoms with Crippen LogP contribution in [0.5, 0.6) is 0 Å². The fraction of sp³-hybridized carbons (Fsp3) is 0.389. The molecule has 0 aliphatic carbocycles. The summed E-state index contributed by atoms with van der Waals surface area (Å²) < 4.78 is 0. The molecule has 21 heavy (non-hydrogen) atoms. The van der Waals surface area contributed by atoms with Crippen LogP contribution in [0.25, 0.3) is 0 Å². The van der Waals surface area contributed by atoms with Gasteiger partial charge in [0, 0.05) is 49.8 Å². The number of hydrogen-bond donors (Lipinski definition) is 1. The van der Waals surface area contributed by atoms with E-state index in [9.17, 15) is 0 Å². The van der Waals surface area contributed by atoms with Gasteiger partial charge < -0.3 is 10.2 Å². The Hall–Kier alpha value is -1.87. The zero-order valence-electron chi connectivity index (χ0n) is 13.4. The van der Waals surface area contributed by atoms with Crippen LogP contribution in [0.4, 0.5) is 5.69 Å². The van der Waals surface area contributed by atoms with Gasteiger partial charge in [-0.25, -0.2) is 0 Å². The molecule has 1 heterocycles. The Kier molecular flexibility index (Phi) is 5.34. The van der Waals surface area contributed by atoms with Gasteiger partial charge in [0.05, 0.1) is 0 Å². The van der Waals surface area contributed by atoms with Gasteiger partial charge in [-0.05, 0) is 18.6 Å². The summed E-state index contributed by atoms with van der Waals surface area (Å²) >= 11 is 0. The first-order valence-electron chi connectivity index (χ1n) is 7.49. The zero-order valence-corrected chi connectivity index (χ0v) is 13.4. The lowest BCUT2D eigenvalue weighted by Gasteiger charge is -2.23. The van der Waals surface area contributed by atoms with Gasteiger partial charge in [0.1, 0.15) is 0 Å². The lowest BCUT2D eigenvalue weighted by atomic mass is 10.1. The molecule has 2 rings (SSSR count). The molecule has 0 amide bonds. The van der Waals surface area contributed by atoms with E-state index in [4.69, 9.17) is 0 Å². The smallest absolute Gasteiger partial charge is 0.0443 e. The molecule has 1 aromatic carbocycles. The highest BCUT2D eigenvalue weighted by Crippen LogP contribution is 2.20. The van der Waals surface area contributed by atoms with Crippen molar-refractivity contribution in [2.75, 3.05) is 11.9 Å². The van der Waals surface area contributed by atoms with Gasteiger partial charge in [-0.2, -0.15) is 0 Å². The highest BCUT2D eigenvalue weighted by Gasteiger charge is 2.08. The van der Waals surface area contributed by atoms with Crippen molar-refractivity contribution in [2.45, 2.75) is 39.9 Å². The summed E-state index contributed by atoms with van der Waals surface area (Å²) in [6, 6.07) is 11.2. The summed E-state index contributed by atoms with van der Waals surface area (Å²) in [6.45, 7) is 8.20. The molecule has 0 aliphatic heterocycles. The maximum Gasteiger partial charge on any atom is 0.0443 e. The Morgan fingerprint density at radius 3 is 2.76 bits per heavy atom. The van der Waals surface area contributed by atoms with E-state index in [1.165, 1.54) is 22.4 Å². The minimum atomic E-state index is 0.472. The lowest BCUT2D eigenvalue weighted by Crippen LogP contribution is -2.24. The molecule has 3 heteroatoms. The van der Waals surface area contributed by atoms with E-state index < -0.39 is 0 Å². The lowest BCUT2D eigenvalue weighted by molar-refractivity contribution is 0.587. The average Bonchev–Trinajstić information content (AvgIpc) is 2.45. The van der Waals surface area contributed by atoms with Crippen molar-refractivity contribution in [3.63, 3.8) is 0 Å². The second-order valence-electron chi connectivity index (χ2n) is 5.89. The van der Waals surface area contributed by atoms with Gasteiger partial charge in [0.25, 0.3) is 0 Å².